The van der Waals surface area contributed by atoms with E-state index >= 15 is 0 Å². The summed E-state index contributed by atoms with van der Waals surface area (Å²) in [6.07, 6.45) is 3.62. The van der Waals surface area contributed by atoms with Crippen LogP contribution in [-0.2, 0) is 17.9 Å². The van der Waals surface area contributed by atoms with Gasteiger partial charge in [-0.05, 0) is 12.1 Å². The number of hydrogen-bond acceptors (Lipinski definition) is 3. The normalized spacial score (nSPS) is 12.5. The Hall–Kier alpha value is -2.76. The van der Waals surface area contributed by atoms with E-state index in [1.807, 2.05) is 35.2 Å². The van der Waals surface area contributed by atoms with Gasteiger partial charge in [0.1, 0.15) is 11.6 Å². The summed E-state index contributed by atoms with van der Waals surface area (Å²) in [5.41, 5.74) is 2.72. The van der Waals surface area contributed by atoms with Gasteiger partial charge in [0, 0.05) is 28.8 Å². The number of carbonyl (C=O) groups excluding carboxylic acids is 1. The molecule has 0 saturated carbocycles. The summed E-state index contributed by atoms with van der Waals surface area (Å²) in [4.78, 5) is 12.5. The number of aromatic nitrogens is 1. The molecule has 138 valence electrons. The number of ketones is 1. The highest BCUT2D eigenvalue weighted by Gasteiger charge is 2.20. The van der Waals surface area contributed by atoms with Crippen LogP contribution in [0.3, 0.4) is 0 Å². The molecule has 0 unspecified atom stereocenters. The zero-order valence-corrected chi connectivity index (χ0v) is 15.2. The molecule has 0 amide bonds. The molecule has 3 aromatic rings. The van der Waals surface area contributed by atoms with Gasteiger partial charge in [0.25, 0.3) is 0 Å². The van der Waals surface area contributed by atoms with Crippen LogP contribution in [0.5, 0.6) is 5.75 Å². The summed E-state index contributed by atoms with van der Waals surface area (Å²) in [7, 11) is 0. The monoisotopic (exact) mass is 385 g/mol. The molecule has 6 heteroatoms. The molecule has 1 aromatic heterocycles. The van der Waals surface area contributed by atoms with E-state index in [2.05, 4.69) is 0 Å². The second-order valence-electron chi connectivity index (χ2n) is 6.12. The lowest BCUT2D eigenvalue weighted by Gasteiger charge is -2.19. The Bertz CT molecular complexity index is 946. The third-order valence-electron chi connectivity index (χ3n) is 4.29. The summed E-state index contributed by atoms with van der Waals surface area (Å²) in [5, 5.41) is 0. The van der Waals surface area contributed by atoms with Crippen molar-refractivity contribution in [1.82, 2.24) is 0 Å². The lowest BCUT2D eigenvalue weighted by Crippen LogP contribution is -3.00. The van der Waals surface area contributed by atoms with Crippen LogP contribution in [-0.4, -0.2) is 12.6 Å². The number of nitrogens with zero attached hydrogens (tertiary/aromatic N) is 1. The highest BCUT2D eigenvalue weighted by molar-refractivity contribution is 6.08. The van der Waals surface area contributed by atoms with Crippen LogP contribution >= 0.6 is 0 Å². The van der Waals surface area contributed by atoms with Gasteiger partial charge < -0.3 is 21.9 Å². The van der Waals surface area contributed by atoms with Crippen molar-refractivity contribution >= 4 is 5.78 Å². The first-order chi connectivity index (χ1) is 12.7. The fourth-order valence-electron chi connectivity index (χ4n) is 3.04. The van der Waals surface area contributed by atoms with Gasteiger partial charge in [0.05, 0.1) is 12.2 Å². The number of carbonyl (C=O) groups is 1. The standard InChI is InChI=1S/C21H17FNO3.ClH/c22-19-10-17(21-18(11-19)13-25-14-26-21)12-23-8-6-16(7-9-23)20(24)15-4-2-1-3-5-15;/h1-11H,12-14H2;1H/q+1;/p-1. The fraction of sp³-hybridized carbons (Fsp3) is 0.143. The summed E-state index contributed by atoms with van der Waals surface area (Å²) >= 11 is 0. The van der Waals surface area contributed by atoms with E-state index in [1.165, 1.54) is 12.1 Å². The van der Waals surface area contributed by atoms with E-state index in [9.17, 15) is 9.18 Å². The van der Waals surface area contributed by atoms with Crippen molar-refractivity contribution in [2.75, 3.05) is 6.79 Å². The molecule has 1 aliphatic heterocycles. The maximum atomic E-state index is 13.9. The van der Waals surface area contributed by atoms with E-state index in [0.29, 0.717) is 35.6 Å². The van der Waals surface area contributed by atoms with Crippen LogP contribution in [0.1, 0.15) is 27.0 Å². The van der Waals surface area contributed by atoms with Gasteiger partial charge in [-0.3, -0.25) is 4.79 Å². The van der Waals surface area contributed by atoms with Crippen molar-refractivity contribution in [3.05, 3.63) is 95.1 Å². The Kier molecular flexibility index (Phi) is 5.84. The van der Waals surface area contributed by atoms with Gasteiger partial charge in [-0.1, -0.05) is 30.3 Å². The third-order valence-corrected chi connectivity index (χ3v) is 4.29. The number of fused-ring (bicyclic) bond motifs is 1. The van der Waals surface area contributed by atoms with Gasteiger partial charge in [-0.2, -0.15) is 0 Å². The molecule has 2 heterocycles. The van der Waals surface area contributed by atoms with Gasteiger partial charge in [-0.15, -0.1) is 0 Å². The highest BCUT2D eigenvalue weighted by atomic mass is 35.5. The molecule has 0 atom stereocenters. The van der Waals surface area contributed by atoms with Crippen molar-refractivity contribution in [3.8, 4) is 5.75 Å². The first-order valence-electron chi connectivity index (χ1n) is 8.31. The number of rotatable bonds is 4. The van der Waals surface area contributed by atoms with Crippen LogP contribution in [0, 0.1) is 5.82 Å². The van der Waals surface area contributed by atoms with E-state index in [4.69, 9.17) is 9.47 Å². The molecule has 0 radical (unpaired) electrons. The smallest absolute Gasteiger partial charge is 0.193 e. The SMILES string of the molecule is O=C(c1ccccc1)c1cc[n+](Cc2cc(F)cc3c2OCOC3)cc1.[Cl-]. The summed E-state index contributed by atoms with van der Waals surface area (Å²) in [6.45, 7) is 0.954. The second-order valence-corrected chi connectivity index (χ2v) is 6.12. The molecule has 0 spiro atoms. The van der Waals surface area contributed by atoms with E-state index < -0.39 is 0 Å². The van der Waals surface area contributed by atoms with Crippen LogP contribution < -0.4 is 21.7 Å². The predicted molar refractivity (Wildman–Crippen MR) is 92.3 cm³/mol. The van der Waals surface area contributed by atoms with Gasteiger partial charge in [0.15, 0.2) is 31.5 Å². The quantitative estimate of drug-likeness (QED) is 0.478. The zero-order chi connectivity index (χ0) is 17.9. The summed E-state index contributed by atoms with van der Waals surface area (Å²) < 4.78 is 26.5. The second kappa shape index (κ2) is 8.29. The van der Waals surface area contributed by atoms with E-state index in [0.717, 1.165) is 5.56 Å². The fourth-order valence-corrected chi connectivity index (χ4v) is 3.04. The van der Waals surface area contributed by atoms with Gasteiger partial charge in [0.2, 0.25) is 0 Å². The van der Waals surface area contributed by atoms with Crippen molar-refractivity contribution in [3.63, 3.8) is 0 Å². The maximum absolute atomic E-state index is 13.9. The maximum Gasteiger partial charge on any atom is 0.193 e. The van der Waals surface area contributed by atoms with Gasteiger partial charge >= 0.3 is 0 Å². The molecule has 4 nitrogen and oxygen atoms in total. The summed E-state index contributed by atoms with van der Waals surface area (Å²) in [5.74, 6) is 0.334. The average Bonchev–Trinajstić information content (AvgIpc) is 2.68. The van der Waals surface area contributed by atoms with Crippen LogP contribution in [0.25, 0.3) is 0 Å². The number of benzene rings is 2. The average molecular weight is 386 g/mol. The molecule has 0 bridgehead atoms. The molecule has 0 N–H and O–H groups in total. The minimum Gasteiger partial charge on any atom is -1.00 e. The molecular weight excluding hydrogens is 369 g/mol. The number of hydrogen-bond donors (Lipinski definition) is 0. The Labute approximate surface area is 162 Å². The van der Waals surface area contributed by atoms with E-state index in [-0.39, 0.29) is 30.8 Å². The first-order valence-corrected chi connectivity index (χ1v) is 8.31. The molecule has 0 aliphatic carbocycles. The molecule has 27 heavy (non-hydrogen) atoms. The Morgan fingerprint density at radius 3 is 2.48 bits per heavy atom. The molecule has 0 saturated heterocycles. The first kappa shape index (κ1) is 19.0. The molecule has 2 aromatic carbocycles. The number of pyridine rings is 1. The molecular formula is C21H17ClFNO3. The number of ether oxygens (including phenoxy) is 2. The Balaban J connectivity index is 0.00000210. The molecule has 4 rings (SSSR count). The van der Waals surface area contributed by atoms with Crippen LogP contribution in [0.15, 0.2) is 67.0 Å². The highest BCUT2D eigenvalue weighted by Crippen LogP contribution is 2.29. The van der Waals surface area contributed by atoms with Gasteiger partial charge in [-0.25, -0.2) is 8.96 Å². The molecule has 1 aliphatic rings. The minimum atomic E-state index is -0.315. The summed E-state index contributed by atoms with van der Waals surface area (Å²) in [6, 6.07) is 15.6. The zero-order valence-electron chi connectivity index (χ0n) is 14.4. The lowest BCUT2D eigenvalue weighted by molar-refractivity contribution is -0.688. The van der Waals surface area contributed by atoms with Crippen LogP contribution in [0.2, 0.25) is 0 Å². The van der Waals surface area contributed by atoms with Crippen LogP contribution in [0.4, 0.5) is 4.39 Å². The lowest BCUT2D eigenvalue weighted by atomic mass is 10.0. The minimum absolute atomic E-state index is 0. The molecule has 0 fully saturated rings. The van der Waals surface area contributed by atoms with Crippen molar-refractivity contribution in [1.29, 1.82) is 0 Å². The Morgan fingerprint density at radius 1 is 1.04 bits per heavy atom. The van der Waals surface area contributed by atoms with E-state index in [1.54, 1.807) is 24.3 Å². The third kappa shape index (κ3) is 4.15. The van der Waals surface area contributed by atoms with Crippen molar-refractivity contribution < 1.29 is 35.6 Å². The van der Waals surface area contributed by atoms with Crippen molar-refractivity contribution in [2.45, 2.75) is 13.2 Å². The number of halogens is 2. The topological polar surface area (TPSA) is 39.4 Å². The van der Waals surface area contributed by atoms with Crippen molar-refractivity contribution in [2.24, 2.45) is 0 Å². The largest absolute Gasteiger partial charge is 1.00 e. The Morgan fingerprint density at radius 2 is 1.74 bits per heavy atom. The predicted octanol–water partition coefficient (Wildman–Crippen LogP) is 0.263.